The van der Waals surface area contributed by atoms with Crippen LogP contribution in [0.4, 0.5) is 5.88 Å². The zero-order chi connectivity index (χ0) is 17.0. The van der Waals surface area contributed by atoms with E-state index in [1.807, 2.05) is 4.90 Å². The molecule has 3 rings (SSSR count). The molecule has 132 valence electrons. The topological polar surface area (TPSA) is 87.2 Å². The van der Waals surface area contributed by atoms with Crippen molar-refractivity contribution in [3.8, 4) is 11.7 Å². The minimum atomic E-state index is -3.59. The van der Waals surface area contributed by atoms with Crippen molar-refractivity contribution in [2.45, 2.75) is 13.8 Å². The van der Waals surface area contributed by atoms with E-state index in [1.54, 1.807) is 26.0 Å². The molecule has 1 saturated heterocycles. The molecule has 1 aliphatic heterocycles. The fraction of sp³-hybridized carbons (Fsp3) is 0.533. The smallest absolute Gasteiger partial charge is 0.385 e. The van der Waals surface area contributed by atoms with Crippen LogP contribution in [-0.4, -0.2) is 44.5 Å². The molecule has 0 spiro atoms. The Morgan fingerprint density at radius 3 is 2.54 bits per heavy atom. The number of rotatable bonds is 7. The highest BCUT2D eigenvalue weighted by Crippen LogP contribution is 2.49. The molecule has 0 amide bonds. The molecule has 0 atom stereocenters. The molecule has 0 aliphatic carbocycles. The molecule has 24 heavy (non-hydrogen) atoms. The molecule has 2 aromatic heterocycles. The lowest BCUT2D eigenvalue weighted by molar-refractivity contribution is 0.121. The van der Waals surface area contributed by atoms with Gasteiger partial charge >= 0.3 is 7.60 Å². The first kappa shape index (κ1) is 17.2. The van der Waals surface area contributed by atoms with Crippen molar-refractivity contribution in [3.63, 3.8) is 0 Å². The highest BCUT2D eigenvalue weighted by Gasteiger charge is 2.38. The highest BCUT2D eigenvalue weighted by molar-refractivity contribution is 7.62. The molecular weight excluding hydrogens is 335 g/mol. The second-order valence-corrected chi connectivity index (χ2v) is 6.99. The van der Waals surface area contributed by atoms with Crippen molar-refractivity contribution in [1.82, 2.24) is 4.98 Å². The van der Waals surface area contributed by atoms with Gasteiger partial charge in [-0.3, -0.25) is 4.57 Å². The summed E-state index contributed by atoms with van der Waals surface area (Å²) in [5.41, 5.74) is 0.180. The Labute approximate surface area is 140 Å². The molecule has 1 fully saturated rings. The molecular formula is C15H21N2O6P. The van der Waals surface area contributed by atoms with E-state index in [0.717, 1.165) is 0 Å². The number of anilines is 1. The number of furan rings is 1. The van der Waals surface area contributed by atoms with Gasteiger partial charge in [-0.15, -0.1) is 0 Å². The van der Waals surface area contributed by atoms with E-state index in [0.29, 0.717) is 37.9 Å². The Morgan fingerprint density at radius 1 is 1.25 bits per heavy atom. The summed E-state index contributed by atoms with van der Waals surface area (Å²) in [7, 11) is -3.59. The number of hydrogen-bond acceptors (Lipinski definition) is 8. The van der Waals surface area contributed by atoms with Crippen LogP contribution in [0.2, 0.25) is 0 Å². The molecule has 0 radical (unpaired) electrons. The number of morpholine rings is 1. The van der Waals surface area contributed by atoms with E-state index < -0.39 is 7.60 Å². The molecule has 0 bridgehead atoms. The molecule has 0 unspecified atom stereocenters. The highest BCUT2D eigenvalue weighted by atomic mass is 31.2. The lowest BCUT2D eigenvalue weighted by Crippen LogP contribution is -2.38. The van der Waals surface area contributed by atoms with Gasteiger partial charge in [0.25, 0.3) is 5.89 Å². The largest absolute Gasteiger partial charge is 0.459 e. The number of oxazole rings is 1. The second kappa shape index (κ2) is 7.53. The van der Waals surface area contributed by atoms with Gasteiger partial charge in [0.1, 0.15) is 0 Å². The van der Waals surface area contributed by atoms with Crippen LogP contribution in [0.3, 0.4) is 0 Å². The monoisotopic (exact) mass is 356 g/mol. The standard InChI is InChI=1S/C15H21N2O6P/c1-3-21-24(18,22-4-2)14-15(17-7-10-19-11-8-17)23-13(16-14)12-6-5-9-20-12/h5-6,9H,3-4,7-8,10-11H2,1-2H3. The SMILES string of the molecule is CCOP(=O)(OCC)c1nc(-c2ccco2)oc1N1CCOCC1. The fourth-order valence-corrected chi connectivity index (χ4v) is 4.09. The first-order valence-corrected chi connectivity index (χ1v) is 9.49. The maximum atomic E-state index is 13.2. The molecule has 9 heteroatoms. The van der Waals surface area contributed by atoms with E-state index in [1.165, 1.54) is 6.26 Å². The summed E-state index contributed by atoms with van der Waals surface area (Å²) in [6.07, 6.45) is 1.53. The average molecular weight is 356 g/mol. The van der Waals surface area contributed by atoms with Gasteiger partial charge in [-0.2, -0.15) is 4.98 Å². The average Bonchev–Trinajstić information content (AvgIpc) is 3.26. The normalized spacial score (nSPS) is 15.8. The quantitative estimate of drug-likeness (QED) is 0.700. The van der Waals surface area contributed by atoms with Crippen LogP contribution < -0.4 is 10.3 Å². The Kier molecular flexibility index (Phi) is 5.40. The molecule has 0 aromatic carbocycles. The summed E-state index contributed by atoms with van der Waals surface area (Å²) in [4.78, 5) is 6.31. The zero-order valence-electron chi connectivity index (χ0n) is 13.8. The van der Waals surface area contributed by atoms with Crippen molar-refractivity contribution >= 4 is 18.9 Å². The summed E-state index contributed by atoms with van der Waals surface area (Å²) in [5, 5.41) is 0. The van der Waals surface area contributed by atoms with Crippen molar-refractivity contribution in [3.05, 3.63) is 18.4 Å². The minimum Gasteiger partial charge on any atom is -0.459 e. The lowest BCUT2D eigenvalue weighted by Gasteiger charge is -2.27. The van der Waals surface area contributed by atoms with Crippen molar-refractivity contribution in [1.29, 1.82) is 0 Å². The van der Waals surface area contributed by atoms with Gasteiger partial charge in [-0.05, 0) is 26.0 Å². The summed E-state index contributed by atoms with van der Waals surface area (Å²) in [6, 6.07) is 3.46. The third kappa shape index (κ3) is 3.42. The molecule has 0 N–H and O–H groups in total. The molecule has 1 aliphatic rings. The Morgan fingerprint density at radius 2 is 1.96 bits per heavy atom. The van der Waals surface area contributed by atoms with Crippen molar-refractivity contribution in [2.24, 2.45) is 0 Å². The Bertz CT molecular complexity index is 683. The minimum absolute atomic E-state index is 0.180. The van der Waals surface area contributed by atoms with Crippen LogP contribution in [0.1, 0.15) is 13.8 Å². The van der Waals surface area contributed by atoms with E-state index in [4.69, 9.17) is 22.6 Å². The first-order chi connectivity index (χ1) is 11.7. The Balaban J connectivity index is 2.05. The summed E-state index contributed by atoms with van der Waals surface area (Å²) in [5.74, 6) is 1.08. The number of nitrogens with zero attached hydrogens (tertiary/aromatic N) is 2. The van der Waals surface area contributed by atoms with E-state index in [-0.39, 0.29) is 24.5 Å². The molecule has 8 nitrogen and oxygen atoms in total. The predicted octanol–water partition coefficient (Wildman–Crippen LogP) is 2.66. The molecule has 2 aromatic rings. The van der Waals surface area contributed by atoms with Crippen LogP contribution in [0, 0.1) is 0 Å². The second-order valence-electron chi connectivity index (χ2n) is 5.06. The van der Waals surface area contributed by atoms with Crippen LogP contribution in [0.5, 0.6) is 0 Å². The van der Waals surface area contributed by atoms with E-state index >= 15 is 0 Å². The third-order valence-corrected chi connectivity index (χ3v) is 5.49. The van der Waals surface area contributed by atoms with Crippen LogP contribution >= 0.6 is 7.60 Å². The number of aromatic nitrogens is 1. The van der Waals surface area contributed by atoms with Gasteiger partial charge in [0, 0.05) is 13.1 Å². The summed E-state index contributed by atoms with van der Waals surface area (Å²) >= 11 is 0. The van der Waals surface area contributed by atoms with Gasteiger partial charge in [0.15, 0.2) is 5.76 Å². The van der Waals surface area contributed by atoms with Gasteiger partial charge in [-0.1, -0.05) is 0 Å². The summed E-state index contributed by atoms with van der Waals surface area (Å²) in [6.45, 7) is 6.33. The van der Waals surface area contributed by atoms with Crippen LogP contribution in [-0.2, 0) is 18.3 Å². The third-order valence-electron chi connectivity index (χ3n) is 3.48. The maximum absolute atomic E-state index is 13.2. The Hall–Kier alpha value is -1.60. The van der Waals surface area contributed by atoms with Crippen molar-refractivity contribution < 1.29 is 27.2 Å². The van der Waals surface area contributed by atoms with Crippen LogP contribution in [0.15, 0.2) is 27.2 Å². The van der Waals surface area contributed by atoms with Gasteiger partial charge in [0.2, 0.25) is 11.3 Å². The zero-order valence-corrected chi connectivity index (χ0v) is 14.7. The summed E-state index contributed by atoms with van der Waals surface area (Å²) < 4.78 is 40.7. The van der Waals surface area contributed by atoms with Crippen molar-refractivity contribution in [2.75, 3.05) is 44.4 Å². The predicted molar refractivity (Wildman–Crippen MR) is 87.7 cm³/mol. The molecule has 0 saturated carbocycles. The number of ether oxygens (including phenoxy) is 1. The number of hydrogen-bond donors (Lipinski definition) is 0. The van der Waals surface area contributed by atoms with Gasteiger partial charge in [0.05, 0.1) is 32.7 Å². The molecule has 3 heterocycles. The van der Waals surface area contributed by atoms with Crippen LogP contribution in [0.25, 0.3) is 11.7 Å². The first-order valence-electron chi connectivity index (χ1n) is 7.95. The maximum Gasteiger partial charge on any atom is 0.385 e. The lowest BCUT2D eigenvalue weighted by atomic mass is 10.4. The van der Waals surface area contributed by atoms with E-state index in [9.17, 15) is 4.57 Å². The van der Waals surface area contributed by atoms with Gasteiger partial charge in [-0.25, -0.2) is 0 Å². The fourth-order valence-electron chi connectivity index (χ4n) is 2.46. The van der Waals surface area contributed by atoms with Gasteiger partial charge < -0.3 is 27.5 Å². The van der Waals surface area contributed by atoms with E-state index in [2.05, 4.69) is 4.98 Å².